The largest absolute Gasteiger partial charge is 0.464 e. The fourth-order valence-electron chi connectivity index (χ4n) is 2.30. The Balaban J connectivity index is 1.94. The number of piperidine rings is 1. The smallest absolute Gasteiger partial charge is 0.358 e. The van der Waals surface area contributed by atoms with E-state index in [0.717, 1.165) is 25.5 Å². The zero-order chi connectivity index (χ0) is 13.7. The predicted molar refractivity (Wildman–Crippen MR) is 72.2 cm³/mol. The quantitative estimate of drug-likeness (QED) is 0.807. The number of aromatic nitrogens is 2. The Morgan fingerprint density at radius 1 is 1.53 bits per heavy atom. The Morgan fingerprint density at radius 2 is 2.37 bits per heavy atom. The van der Waals surface area contributed by atoms with Gasteiger partial charge < -0.3 is 15.0 Å². The summed E-state index contributed by atoms with van der Waals surface area (Å²) in [5.41, 5.74) is 0.235. The molecule has 1 aromatic rings. The molecule has 6 heteroatoms. The van der Waals surface area contributed by atoms with Crippen LogP contribution >= 0.6 is 0 Å². The number of esters is 1. The van der Waals surface area contributed by atoms with Crippen LogP contribution in [0, 0.1) is 5.92 Å². The average molecular weight is 264 g/mol. The molecule has 2 rings (SSSR count). The van der Waals surface area contributed by atoms with E-state index in [-0.39, 0.29) is 5.69 Å². The number of ether oxygens (including phenoxy) is 1. The van der Waals surface area contributed by atoms with Gasteiger partial charge in [0.25, 0.3) is 0 Å². The van der Waals surface area contributed by atoms with Gasteiger partial charge in [-0.25, -0.2) is 4.79 Å². The van der Waals surface area contributed by atoms with Gasteiger partial charge in [0.2, 0.25) is 0 Å². The summed E-state index contributed by atoms with van der Waals surface area (Å²) in [6, 6.07) is 3.44. The standard InChI is InChI=1S/C13H20N4O2/c1-17(9-10-4-3-7-14-8-10)12-6-5-11(15-16-12)13(18)19-2/h5-6,10,14H,3-4,7-9H2,1-2H3. The molecule has 1 aliphatic heterocycles. The van der Waals surface area contributed by atoms with Crippen LogP contribution < -0.4 is 10.2 Å². The van der Waals surface area contributed by atoms with Crippen LogP contribution in [0.4, 0.5) is 5.82 Å². The number of methoxy groups -OCH3 is 1. The van der Waals surface area contributed by atoms with E-state index in [1.807, 2.05) is 7.05 Å². The molecule has 0 saturated carbocycles. The molecule has 6 nitrogen and oxygen atoms in total. The van der Waals surface area contributed by atoms with Gasteiger partial charge in [-0.2, -0.15) is 0 Å². The average Bonchev–Trinajstić information content (AvgIpc) is 2.47. The van der Waals surface area contributed by atoms with Gasteiger partial charge in [0, 0.05) is 13.6 Å². The van der Waals surface area contributed by atoms with Crippen LogP contribution in [0.25, 0.3) is 0 Å². The SMILES string of the molecule is COC(=O)c1ccc(N(C)CC2CCCNC2)nn1. The van der Waals surface area contributed by atoms with E-state index in [9.17, 15) is 4.79 Å². The molecule has 1 fully saturated rings. The Kier molecular flexibility index (Phi) is 4.68. The number of nitrogens with one attached hydrogen (secondary N) is 1. The molecule has 0 aliphatic carbocycles. The van der Waals surface area contributed by atoms with Crippen molar-refractivity contribution in [2.24, 2.45) is 5.92 Å². The monoisotopic (exact) mass is 264 g/mol. The van der Waals surface area contributed by atoms with Gasteiger partial charge in [0.15, 0.2) is 11.5 Å². The van der Waals surface area contributed by atoms with E-state index in [4.69, 9.17) is 0 Å². The van der Waals surface area contributed by atoms with Gasteiger partial charge in [-0.15, -0.1) is 10.2 Å². The Hall–Kier alpha value is -1.69. The first-order chi connectivity index (χ1) is 9.20. The van der Waals surface area contributed by atoms with Crippen molar-refractivity contribution in [3.05, 3.63) is 17.8 Å². The van der Waals surface area contributed by atoms with Gasteiger partial charge in [0.1, 0.15) is 0 Å². The van der Waals surface area contributed by atoms with Crippen LogP contribution in [0.1, 0.15) is 23.3 Å². The van der Waals surface area contributed by atoms with Crippen molar-refractivity contribution in [1.82, 2.24) is 15.5 Å². The summed E-state index contributed by atoms with van der Waals surface area (Å²) in [4.78, 5) is 13.3. The van der Waals surface area contributed by atoms with Crippen molar-refractivity contribution in [2.45, 2.75) is 12.8 Å². The number of nitrogens with zero attached hydrogens (tertiary/aromatic N) is 3. The molecule has 0 aromatic carbocycles. The van der Waals surface area contributed by atoms with Crippen molar-refractivity contribution in [1.29, 1.82) is 0 Å². The highest BCUT2D eigenvalue weighted by Crippen LogP contribution is 2.15. The summed E-state index contributed by atoms with van der Waals surface area (Å²) >= 11 is 0. The van der Waals surface area contributed by atoms with E-state index in [1.54, 1.807) is 12.1 Å². The van der Waals surface area contributed by atoms with Crippen molar-refractivity contribution < 1.29 is 9.53 Å². The lowest BCUT2D eigenvalue weighted by molar-refractivity contribution is 0.0592. The van der Waals surface area contributed by atoms with E-state index in [0.29, 0.717) is 5.92 Å². The molecule has 0 bridgehead atoms. The minimum absolute atomic E-state index is 0.235. The van der Waals surface area contributed by atoms with Crippen LogP contribution in [0.5, 0.6) is 0 Å². The van der Waals surface area contributed by atoms with Crippen LogP contribution in [-0.2, 0) is 4.74 Å². The van der Waals surface area contributed by atoms with Gasteiger partial charge in [-0.1, -0.05) is 0 Å². The normalized spacial score (nSPS) is 18.9. The van der Waals surface area contributed by atoms with E-state index < -0.39 is 5.97 Å². The van der Waals surface area contributed by atoms with Crippen molar-refractivity contribution in [3.8, 4) is 0 Å². The lowest BCUT2D eigenvalue weighted by atomic mass is 9.99. The zero-order valence-corrected chi connectivity index (χ0v) is 11.4. The summed E-state index contributed by atoms with van der Waals surface area (Å²) < 4.78 is 4.59. The highest BCUT2D eigenvalue weighted by atomic mass is 16.5. The molecule has 1 atom stereocenters. The van der Waals surface area contributed by atoms with Gasteiger partial charge in [-0.3, -0.25) is 0 Å². The van der Waals surface area contributed by atoms with E-state index in [2.05, 4.69) is 25.2 Å². The second kappa shape index (κ2) is 6.47. The first-order valence-corrected chi connectivity index (χ1v) is 6.54. The number of rotatable bonds is 4. The molecule has 0 spiro atoms. The van der Waals surface area contributed by atoms with Crippen LogP contribution in [0.2, 0.25) is 0 Å². The molecule has 104 valence electrons. The minimum atomic E-state index is -0.460. The molecule has 0 amide bonds. The molecule has 1 unspecified atom stereocenters. The maximum Gasteiger partial charge on any atom is 0.358 e. The van der Waals surface area contributed by atoms with Gasteiger partial charge in [-0.05, 0) is 44.0 Å². The third kappa shape index (κ3) is 3.64. The zero-order valence-electron chi connectivity index (χ0n) is 11.4. The third-order valence-electron chi connectivity index (χ3n) is 3.37. The molecular weight excluding hydrogens is 244 g/mol. The summed E-state index contributed by atoms with van der Waals surface area (Å²) in [6.45, 7) is 3.12. The second-order valence-corrected chi connectivity index (χ2v) is 4.86. The molecule has 1 N–H and O–H groups in total. The number of anilines is 1. The molecule has 1 aliphatic rings. The minimum Gasteiger partial charge on any atom is -0.464 e. The molecular formula is C13H20N4O2. The second-order valence-electron chi connectivity index (χ2n) is 4.86. The summed E-state index contributed by atoms with van der Waals surface area (Å²) in [5, 5.41) is 11.3. The van der Waals surface area contributed by atoms with Crippen molar-refractivity contribution in [2.75, 3.05) is 38.7 Å². The Morgan fingerprint density at radius 3 is 2.95 bits per heavy atom. The molecule has 1 saturated heterocycles. The van der Waals surface area contributed by atoms with Gasteiger partial charge >= 0.3 is 5.97 Å². The van der Waals surface area contributed by atoms with E-state index >= 15 is 0 Å². The fraction of sp³-hybridized carbons (Fsp3) is 0.615. The van der Waals surface area contributed by atoms with E-state index in [1.165, 1.54) is 20.0 Å². The van der Waals surface area contributed by atoms with Crippen LogP contribution in [0.15, 0.2) is 12.1 Å². The van der Waals surface area contributed by atoms with Crippen molar-refractivity contribution >= 4 is 11.8 Å². The fourth-order valence-corrected chi connectivity index (χ4v) is 2.30. The first-order valence-electron chi connectivity index (χ1n) is 6.54. The number of hydrogen-bond donors (Lipinski definition) is 1. The topological polar surface area (TPSA) is 67.3 Å². The highest BCUT2D eigenvalue weighted by Gasteiger charge is 2.16. The summed E-state index contributed by atoms with van der Waals surface area (Å²) in [6.07, 6.45) is 2.47. The number of carbonyl (C=O) groups excluding carboxylic acids is 1. The maximum atomic E-state index is 11.3. The first kappa shape index (κ1) is 13.7. The van der Waals surface area contributed by atoms with Crippen LogP contribution in [-0.4, -0.2) is 50.0 Å². The number of carbonyl (C=O) groups is 1. The summed E-state index contributed by atoms with van der Waals surface area (Å²) in [7, 11) is 3.33. The van der Waals surface area contributed by atoms with Gasteiger partial charge in [0.05, 0.1) is 7.11 Å². The summed E-state index contributed by atoms with van der Waals surface area (Å²) in [5.74, 6) is 0.956. The lowest BCUT2D eigenvalue weighted by Crippen LogP contribution is -2.37. The Bertz CT molecular complexity index is 415. The molecule has 0 radical (unpaired) electrons. The van der Waals surface area contributed by atoms with Crippen molar-refractivity contribution in [3.63, 3.8) is 0 Å². The predicted octanol–water partition coefficient (Wildman–Crippen LogP) is 0.699. The van der Waals surface area contributed by atoms with Crippen LogP contribution in [0.3, 0.4) is 0 Å². The lowest BCUT2D eigenvalue weighted by Gasteiger charge is -2.27. The number of hydrogen-bond acceptors (Lipinski definition) is 6. The third-order valence-corrected chi connectivity index (χ3v) is 3.37. The Labute approximate surface area is 113 Å². The molecule has 19 heavy (non-hydrogen) atoms. The highest BCUT2D eigenvalue weighted by molar-refractivity contribution is 5.86. The molecule has 2 heterocycles. The molecule has 1 aromatic heterocycles. The maximum absolute atomic E-state index is 11.3.